The van der Waals surface area contributed by atoms with E-state index in [1.54, 1.807) is 30.8 Å². The Morgan fingerprint density at radius 2 is 2.00 bits per heavy atom. The van der Waals surface area contributed by atoms with Gasteiger partial charge in [-0.2, -0.15) is 0 Å². The Hall–Kier alpha value is -0.990. The van der Waals surface area contributed by atoms with E-state index in [1.165, 1.54) is 0 Å². The van der Waals surface area contributed by atoms with E-state index >= 15 is 0 Å². The molecule has 1 rings (SSSR count). The normalized spacial score (nSPS) is 12.2. The highest BCUT2D eigenvalue weighted by molar-refractivity contribution is 7.98. The van der Waals surface area contributed by atoms with Crippen LogP contribution in [0, 0.1) is 0 Å². The average Bonchev–Trinajstić information content (AvgIpc) is 2.26. The van der Waals surface area contributed by atoms with E-state index in [0.717, 1.165) is 21.6 Å². The summed E-state index contributed by atoms with van der Waals surface area (Å²) in [6, 6.07) is 4.06. The number of rotatable bonds is 4. The lowest BCUT2D eigenvalue weighted by Crippen LogP contribution is -1.97. The van der Waals surface area contributed by atoms with Crippen molar-refractivity contribution in [2.45, 2.75) is 17.9 Å². The third-order valence-corrected chi connectivity index (χ3v) is 3.03. The predicted octanol–water partition coefficient (Wildman–Crippen LogP) is 3.75. The van der Waals surface area contributed by atoms with Crippen molar-refractivity contribution in [1.82, 2.24) is 0 Å². The standard InChI is InChI=1S/C13H16OS/c1-5-10-7-11(15-4)8-13(9(3)14)12(10)6-2/h5-9,14H,1-2H2,3-4H3. The van der Waals surface area contributed by atoms with Crippen molar-refractivity contribution in [3.05, 3.63) is 42.0 Å². The van der Waals surface area contributed by atoms with Crippen LogP contribution < -0.4 is 0 Å². The van der Waals surface area contributed by atoms with Gasteiger partial charge in [0.2, 0.25) is 0 Å². The lowest BCUT2D eigenvalue weighted by Gasteiger charge is -2.14. The van der Waals surface area contributed by atoms with Crippen LogP contribution in [0.5, 0.6) is 0 Å². The summed E-state index contributed by atoms with van der Waals surface area (Å²) in [5, 5.41) is 9.68. The number of thioether (sulfide) groups is 1. The lowest BCUT2D eigenvalue weighted by molar-refractivity contribution is 0.199. The maximum atomic E-state index is 9.68. The maximum Gasteiger partial charge on any atom is 0.0768 e. The van der Waals surface area contributed by atoms with Crippen molar-refractivity contribution in [2.75, 3.05) is 6.26 Å². The van der Waals surface area contributed by atoms with Crippen LogP contribution >= 0.6 is 11.8 Å². The molecule has 0 amide bonds. The largest absolute Gasteiger partial charge is 0.389 e. The van der Waals surface area contributed by atoms with Gasteiger partial charge in [0.25, 0.3) is 0 Å². The van der Waals surface area contributed by atoms with E-state index in [2.05, 4.69) is 19.2 Å². The molecule has 0 spiro atoms. The molecule has 0 aliphatic heterocycles. The molecule has 0 heterocycles. The van der Waals surface area contributed by atoms with Gasteiger partial charge in [-0.1, -0.05) is 25.3 Å². The first-order valence-corrected chi connectivity index (χ1v) is 6.01. The molecule has 0 radical (unpaired) electrons. The summed E-state index contributed by atoms with van der Waals surface area (Å²) in [7, 11) is 0. The van der Waals surface area contributed by atoms with Gasteiger partial charge in [0, 0.05) is 4.90 Å². The van der Waals surface area contributed by atoms with Crippen molar-refractivity contribution < 1.29 is 5.11 Å². The molecule has 0 aliphatic carbocycles. The van der Waals surface area contributed by atoms with E-state index in [-0.39, 0.29) is 0 Å². The fourth-order valence-electron chi connectivity index (χ4n) is 1.54. The molecule has 0 aromatic heterocycles. The molecular formula is C13H16OS. The van der Waals surface area contributed by atoms with E-state index in [0.29, 0.717) is 0 Å². The fourth-order valence-corrected chi connectivity index (χ4v) is 2.03. The summed E-state index contributed by atoms with van der Waals surface area (Å²) in [5.41, 5.74) is 2.90. The first-order valence-electron chi connectivity index (χ1n) is 4.79. The summed E-state index contributed by atoms with van der Waals surface area (Å²) in [6.45, 7) is 9.31. The van der Waals surface area contributed by atoms with Crippen LogP contribution in [0.15, 0.2) is 30.2 Å². The van der Waals surface area contributed by atoms with Crippen LogP contribution in [0.2, 0.25) is 0 Å². The van der Waals surface area contributed by atoms with Crippen molar-refractivity contribution in [1.29, 1.82) is 0 Å². The van der Waals surface area contributed by atoms with E-state index in [9.17, 15) is 5.11 Å². The molecule has 1 aromatic carbocycles. The zero-order valence-electron chi connectivity index (χ0n) is 9.16. The summed E-state index contributed by atoms with van der Waals surface area (Å²) >= 11 is 1.66. The molecule has 0 saturated carbocycles. The first kappa shape index (κ1) is 12.1. The zero-order chi connectivity index (χ0) is 11.4. The Morgan fingerprint density at radius 3 is 2.40 bits per heavy atom. The number of hydrogen-bond acceptors (Lipinski definition) is 2. The molecule has 1 unspecified atom stereocenters. The quantitative estimate of drug-likeness (QED) is 0.780. The Bertz CT molecular complexity index is 380. The van der Waals surface area contributed by atoms with Gasteiger partial charge in [0.1, 0.15) is 0 Å². The Kier molecular flexibility index (Phi) is 4.18. The monoisotopic (exact) mass is 220 g/mol. The highest BCUT2D eigenvalue weighted by atomic mass is 32.2. The Morgan fingerprint density at radius 1 is 1.33 bits per heavy atom. The summed E-state index contributed by atoms with van der Waals surface area (Å²) in [6.07, 6.45) is 5.09. The highest BCUT2D eigenvalue weighted by Crippen LogP contribution is 2.29. The van der Waals surface area contributed by atoms with Crippen molar-refractivity contribution >= 4 is 23.9 Å². The minimum absolute atomic E-state index is 0.483. The van der Waals surface area contributed by atoms with Crippen LogP contribution in [0.25, 0.3) is 12.2 Å². The molecule has 1 atom stereocenters. The van der Waals surface area contributed by atoms with Gasteiger partial charge < -0.3 is 5.11 Å². The molecular weight excluding hydrogens is 204 g/mol. The maximum absolute atomic E-state index is 9.68. The predicted molar refractivity (Wildman–Crippen MR) is 69.0 cm³/mol. The summed E-state index contributed by atoms with van der Waals surface area (Å²) in [4.78, 5) is 1.13. The smallest absolute Gasteiger partial charge is 0.0768 e. The van der Waals surface area contributed by atoms with E-state index in [4.69, 9.17) is 0 Å². The van der Waals surface area contributed by atoms with Crippen LogP contribution in [0.4, 0.5) is 0 Å². The highest BCUT2D eigenvalue weighted by Gasteiger charge is 2.10. The zero-order valence-corrected chi connectivity index (χ0v) is 9.97. The molecule has 2 heteroatoms. The SMILES string of the molecule is C=Cc1cc(SC)cc(C(C)O)c1C=C. The molecule has 1 N–H and O–H groups in total. The number of hydrogen-bond donors (Lipinski definition) is 1. The summed E-state index contributed by atoms with van der Waals surface area (Å²) < 4.78 is 0. The third kappa shape index (κ3) is 2.52. The molecule has 0 saturated heterocycles. The summed E-state index contributed by atoms with van der Waals surface area (Å²) in [5.74, 6) is 0. The van der Waals surface area contributed by atoms with E-state index in [1.807, 2.05) is 12.3 Å². The molecule has 0 bridgehead atoms. The Balaban J connectivity index is 3.45. The first-order chi connectivity index (χ1) is 7.13. The molecule has 15 heavy (non-hydrogen) atoms. The van der Waals surface area contributed by atoms with Crippen LogP contribution in [-0.2, 0) is 0 Å². The molecule has 0 aliphatic rings. The average molecular weight is 220 g/mol. The number of aliphatic hydroxyl groups excluding tert-OH is 1. The van der Waals surface area contributed by atoms with Gasteiger partial charge in [0.05, 0.1) is 6.10 Å². The number of benzene rings is 1. The molecule has 0 fully saturated rings. The van der Waals surface area contributed by atoms with Crippen molar-refractivity contribution in [3.63, 3.8) is 0 Å². The molecule has 1 nitrogen and oxygen atoms in total. The van der Waals surface area contributed by atoms with Crippen molar-refractivity contribution in [3.8, 4) is 0 Å². The second-order valence-electron chi connectivity index (χ2n) is 3.30. The van der Waals surface area contributed by atoms with Gasteiger partial charge in [0.15, 0.2) is 0 Å². The van der Waals surface area contributed by atoms with Crippen LogP contribution in [0.3, 0.4) is 0 Å². The molecule has 80 valence electrons. The molecule has 1 aromatic rings. The second-order valence-corrected chi connectivity index (χ2v) is 4.18. The van der Waals surface area contributed by atoms with Crippen LogP contribution in [0.1, 0.15) is 29.7 Å². The van der Waals surface area contributed by atoms with Crippen LogP contribution in [-0.4, -0.2) is 11.4 Å². The van der Waals surface area contributed by atoms with Gasteiger partial charge in [-0.3, -0.25) is 0 Å². The topological polar surface area (TPSA) is 20.2 Å². The van der Waals surface area contributed by atoms with Gasteiger partial charge >= 0.3 is 0 Å². The van der Waals surface area contributed by atoms with E-state index < -0.39 is 6.10 Å². The minimum Gasteiger partial charge on any atom is -0.389 e. The lowest BCUT2D eigenvalue weighted by atomic mass is 9.98. The van der Waals surface area contributed by atoms with Gasteiger partial charge in [-0.05, 0) is 42.0 Å². The van der Waals surface area contributed by atoms with Gasteiger partial charge in [-0.25, -0.2) is 0 Å². The minimum atomic E-state index is -0.483. The fraction of sp³-hybridized carbons (Fsp3) is 0.231. The van der Waals surface area contributed by atoms with Crippen molar-refractivity contribution in [2.24, 2.45) is 0 Å². The third-order valence-electron chi connectivity index (χ3n) is 2.33. The van der Waals surface area contributed by atoms with Gasteiger partial charge in [-0.15, -0.1) is 11.8 Å². The Labute approximate surface area is 95.5 Å². The number of aliphatic hydroxyl groups is 1. The second kappa shape index (κ2) is 5.19.